The van der Waals surface area contributed by atoms with Gasteiger partial charge in [0.25, 0.3) is 5.56 Å². The van der Waals surface area contributed by atoms with Gasteiger partial charge in [-0.3, -0.25) is 9.36 Å². The first-order valence-corrected chi connectivity index (χ1v) is 18.2. The predicted octanol–water partition coefficient (Wildman–Crippen LogP) is 7.67. The molecule has 0 saturated carbocycles. The first kappa shape index (κ1) is 35.2. The van der Waals surface area contributed by atoms with E-state index in [1.807, 2.05) is 18.2 Å². The fraction of sp³-hybridized carbons (Fsp3) is 0.219. The van der Waals surface area contributed by atoms with E-state index in [1.54, 1.807) is 44.2 Å². The van der Waals surface area contributed by atoms with Crippen LogP contribution in [0.15, 0.2) is 68.0 Å². The number of aromatic nitrogens is 1. The molecular formula is C32H25BrCl2I2N2O6S. The third-order valence-electron chi connectivity index (χ3n) is 7.01. The van der Waals surface area contributed by atoms with Gasteiger partial charge < -0.3 is 18.9 Å². The Morgan fingerprint density at radius 2 is 1.80 bits per heavy atom. The molecule has 14 heteroatoms. The maximum atomic E-state index is 14.3. The van der Waals surface area contributed by atoms with E-state index in [0.29, 0.717) is 57.9 Å². The van der Waals surface area contributed by atoms with Gasteiger partial charge >= 0.3 is 5.97 Å². The molecule has 46 heavy (non-hydrogen) atoms. The first-order valence-electron chi connectivity index (χ1n) is 13.6. The normalized spacial score (nSPS) is 14.5. The molecule has 0 amide bonds. The van der Waals surface area contributed by atoms with Crippen LogP contribution in [0.1, 0.15) is 36.6 Å². The number of hydrogen-bond acceptors (Lipinski definition) is 8. The van der Waals surface area contributed by atoms with E-state index in [0.717, 1.165) is 12.7 Å². The number of methoxy groups -OCH3 is 2. The molecule has 0 saturated heterocycles. The van der Waals surface area contributed by atoms with Gasteiger partial charge in [-0.15, -0.1) is 0 Å². The maximum Gasteiger partial charge on any atom is 0.338 e. The van der Waals surface area contributed by atoms with E-state index in [-0.39, 0.29) is 24.3 Å². The average Bonchev–Trinajstić information content (AvgIpc) is 3.31. The summed E-state index contributed by atoms with van der Waals surface area (Å²) in [5, 5.41) is 0.902. The molecule has 0 unspecified atom stereocenters. The molecule has 3 aromatic carbocycles. The predicted molar refractivity (Wildman–Crippen MR) is 200 cm³/mol. The number of benzene rings is 3. The number of nitrogens with zero attached hydrogens (tertiary/aromatic N) is 2. The summed E-state index contributed by atoms with van der Waals surface area (Å²) >= 11 is 21.6. The molecule has 0 bridgehead atoms. The molecule has 1 atom stereocenters. The summed E-state index contributed by atoms with van der Waals surface area (Å²) in [5.41, 5.74) is 2.55. The summed E-state index contributed by atoms with van der Waals surface area (Å²) in [6.45, 7) is 3.87. The summed E-state index contributed by atoms with van der Waals surface area (Å²) in [4.78, 5) is 32.8. The fourth-order valence-corrected chi connectivity index (χ4v) is 8.87. The number of carbonyl (C=O) groups excluding carboxylic acids is 1. The highest BCUT2D eigenvalue weighted by Crippen LogP contribution is 2.41. The Morgan fingerprint density at radius 1 is 1.09 bits per heavy atom. The largest absolute Gasteiger partial charge is 0.493 e. The van der Waals surface area contributed by atoms with Crippen molar-refractivity contribution < 1.29 is 23.7 Å². The number of carbonyl (C=O) groups is 1. The van der Waals surface area contributed by atoms with Crippen LogP contribution >= 0.6 is 95.7 Å². The minimum Gasteiger partial charge on any atom is -0.493 e. The van der Waals surface area contributed by atoms with Gasteiger partial charge in [-0.1, -0.05) is 56.5 Å². The highest BCUT2D eigenvalue weighted by molar-refractivity contribution is 14.1. The number of rotatable bonds is 9. The van der Waals surface area contributed by atoms with Crippen molar-refractivity contribution in [3.05, 3.63) is 112 Å². The molecule has 8 nitrogen and oxygen atoms in total. The van der Waals surface area contributed by atoms with Crippen LogP contribution < -0.4 is 29.1 Å². The van der Waals surface area contributed by atoms with E-state index in [2.05, 4.69) is 61.1 Å². The minimum absolute atomic E-state index is 0.163. The zero-order chi connectivity index (χ0) is 33.3. The first-order chi connectivity index (χ1) is 22.0. The third-order valence-corrected chi connectivity index (χ3v) is 10.8. The SMILES string of the molecule is CCOC(=O)C1=C(C)N=c2s/c(=C\c3cc(I)cc(I)c3OCc3ccc(Cl)c(Cl)c3)c(=O)n2[C@@H]1c1cc(OC)c(OC)cc1Br. The van der Waals surface area contributed by atoms with Crippen LogP contribution in [0.4, 0.5) is 0 Å². The molecule has 1 aliphatic heterocycles. The van der Waals surface area contributed by atoms with Crippen molar-refractivity contribution in [2.45, 2.75) is 26.5 Å². The smallest absolute Gasteiger partial charge is 0.338 e. The van der Waals surface area contributed by atoms with E-state index in [1.165, 1.54) is 30.1 Å². The Kier molecular flexibility index (Phi) is 11.5. The van der Waals surface area contributed by atoms with Crippen LogP contribution in [0.3, 0.4) is 0 Å². The lowest BCUT2D eigenvalue weighted by Crippen LogP contribution is -2.40. The molecule has 2 heterocycles. The molecule has 1 aliphatic rings. The highest BCUT2D eigenvalue weighted by Gasteiger charge is 2.35. The average molecular weight is 970 g/mol. The van der Waals surface area contributed by atoms with Crippen molar-refractivity contribution in [1.82, 2.24) is 4.57 Å². The van der Waals surface area contributed by atoms with E-state index in [9.17, 15) is 9.59 Å². The number of thiazole rings is 1. The van der Waals surface area contributed by atoms with Crippen molar-refractivity contribution >= 4 is 108 Å². The Hall–Kier alpha value is -2.11. The van der Waals surface area contributed by atoms with Gasteiger partial charge in [0.15, 0.2) is 16.3 Å². The molecule has 0 N–H and O–H groups in total. The number of hydrogen-bond donors (Lipinski definition) is 0. The van der Waals surface area contributed by atoms with Crippen molar-refractivity contribution in [1.29, 1.82) is 0 Å². The van der Waals surface area contributed by atoms with Gasteiger partial charge in [0.05, 0.1) is 56.3 Å². The lowest BCUT2D eigenvalue weighted by molar-refractivity contribution is -0.139. The molecular weight excluding hydrogens is 945 g/mol. The number of fused-ring (bicyclic) bond motifs is 1. The second-order valence-electron chi connectivity index (χ2n) is 9.87. The summed E-state index contributed by atoms with van der Waals surface area (Å²) < 4.78 is 27.2. The van der Waals surface area contributed by atoms with Crippen LogP contribution in [0, 0.1) is 7.14 Å². The number of allylic oxidation sites excluding steroid dienone is 1. The van der Waals surface area contributed by atoms with Crippen LogP contribution in [0.2, 0.25) is 10.0 Å². The lowest BCUT2D eigenvalue weighted by Gasteiger charge is -2.26. The van der Waals surface area contributed by atoms with Gasteiger partial charge in [0, 0.05) is 13.6 Å². The number of halogens is 5. The van der Waals surface area contributed by atoms with Crippen molar-refractivity contribution in [3.63, 3.8) is 0 Å². The van der Waals surface area contributed by atoms with Crippen LogP contribution in [0.5, 0.6) is 17.2 Å². The van der Waals surface area contributed by atoms with Gasteiger partial charge in [-0.25, -0.2) is 9.79 Å². The lowest BCUT2D eigenvalue weighted by atomic mass is 9.95. The van der Waals surface area contributed by atoms with Gasteiger partial charge in [-0.05, 0) is 113 Å². The zero-order valence-electron chi connectivity index (χ0n) is 24.8. The Morgan fingerprint density at radius 3 is 2.48 bits per heavy atom. The number of ether oxygens (including phenoxy) is 4. The monoisotopic (exact) mass is 968 g/mol. The second kappa shape index (κ2) is 15.0. The molecule has 4 aromatic rings. The topological polar surface area (TPSA) is 88.4 Å². The van der Waals surface area contributed by atoms with E-state index in [4.69, 9.17) is 47.1 Å². The molecule has 5 rings (SSSR count). The van der Waals surface area contributed by atoms with E-state index < -0.39 is 12.0 Å². The summed E-state index contributed by atoms with van der Waals surface area (Å²) in [5.74, 6) is 0.985. The Labute approximate surface area is 314 Å². The molecule has 0 spiro atoms. The second-order valence-corrected chi connectivity index (χ2v) is 15.0. The van der Waals surface area contributed by atoms with Crippen LogP contribution in [-0.4, -0.2) is 31.4 Å². The quantitative estimate of drug-likeness (QED) is 0.127. The Balaban J connectivity index is 1.68. The zero-order valence-corrected chi connectivity index (χ0v) is 33.0. The van der Waals surface area contributed by atoms with Crippen LogP contribution in [-0.2, 0) is 16.1 Å². The summed E-state index contributed by atoms with van der Waals surface area (Å²) in [6.07, 6.45) is 1.79. The van der Waals surface area contributed by atoms with Gasteiger partial charge in [0.1, 0.15) is 12.4 Å². The van der Waals surface area contributed by atoms with Gasteiger partial charge in [0.2, 0.25) is 0 Å². The fourth-order valence-electron chi connectivity index (χ4n) is 4.93. The van der Waals surface area contributed by atoms with Gasteiger partial charge in [-0.2, -0.15) is 0 Å². The summed E-state index contributed by atoms with van der Waals surface area (Å²) in [6, 6.07) is 11.9. The summed E-state index contributed by atoms with van der Waals surface area (Å²) in [7, 11) is 3.06. The molecule has 0 fully saturated rings. The highest BCUT2D eigenvalue weighted by atomic mass is 127. The maximum absolute atomic E-state index is 14.3. The van der Waals surface area contributed by atoms with Crippen molar-refractivity contribution in [3.8, 4) is 17.2 Å². The van der Waals surface area contributed by atoms with Crippen molar-refractivity contribution in [2.24, 2.45) is 4.99 Å². The molecule has 0 aliphatic carbocycles. The van der Waals surface area contributed by atoms with Crippen LogP contribution in [0.25, 0.3) is 6.08 Å². The van der Waals surface area contributed by atoms with E-state index >= 15 is 0 Å². The molecule has 1 aromatic heterocycles. The third kappa shape index (κ3) is 7.16. The molecule has 240 valence electrons. The Bertz CT molecular complexity index is 2080. The number of esters is 1. The molecule has 0 radical (unpaired) electrons. The minimum atomic E-state index is -0.854. The van der Waals surface area contributed by atoms with Crippen molar-refractivity contribution in [2.75, 3.05) is 20.8 Å². The standard InChI is InChI=1S/C32H25BrCl2I2N2O6S/c1-5-44-31(41)27-15(2)38-32-39(28(27)19-12-24(42-3)25(43-4)13-20(19)33)30(40)26(46-32)10-17-9-18(36)11-23(37)29(17)45-14-16-6-7-21(34)22(35)8-16/h6-13,28H,5,14H2,1-4H3/b26-10-/t28-/m1/s1.